The van der Waals surface area contributed by atoms with Crippen LogP contribution in [-0.4, -0.2) is 70.5 Å². The van der Waals surface area contributed by atoms with Gasteiger partial charge in [0.25, 0.3) is 5.91 Å². The van der Waals surface area contributed by atoms with Crippen LogP contribution in [0.4, 0.5) is 4.79 Å². The number of nitrogens with one attached hydrogen (secondary N) is 1. The van der Waals surface area contributed by atoms with E-state index < -0.39 is 6.04 Å². The van der Waals surface area contributed by atoms with Gasteiger partial charge in [-0.05, 0) is 19.4 Å². The molecule has 0 aromatic heterocycles. The number of aliphatic imine (C=N–C) groups is 1. The maximum atomic E-state index is 12.5. The van der Waals surface area contributed by atoms with Crippen molar-refractivity contribution in [2.75, 3.05) is 20.6 Å². The summed E-state index contributed by atoms with van der Waals surface area (Å²) in [5, 5.41) is 4.37. The van der Waals surface area contributed by atoms with Crippen LogP contribution in [0, 0.1) is 0 Å². The van der Waals surface area contributed by atoms with E-state index in [-0.39, 0.29) is 11.9 Å². The molecule has 0 radical (unpaired) electrons. The molecule has 0 bridgehead atoms. The van der Waals surface area contributed by atoms with Gasteiger partial charge in [-0.1, -0.05) is 35.3 Å². The van der Waals surface area contributed by atoms with Crippen molar-refractivity contribution in [1.29, 1.82) is 0 Å². The molecule has 8 heteroatoms. The molecule has 25 heavy (non-hydrogen) atoms. The van der Waals surface area contributed by atoms with Gasteiger partial charge in [0.2, 0.25) is 11.9 Å². The Balaban J connectivity index is 1.91. The van der Waals surface area contributed by atoms with Crippen LogP contribution >= 0.6 is 0 Å². The topological polar surface area (TPSA) is 80.4 Å². The highest BCUT2D eigenvalue weighted by Gasteiger charge is 2.51. The Hall–Kier alpha value is -3.03. The second-order valence-electron chi connectivity index (χ2n) is 5.90. The Morgan fingerprint density at radius 3 is 2.56 bits per heavy atom. The van der Waals surface area contributed by atoms with E-state index in [0.717, 1.165) is 16.2 Å². The number of nitrogens with zero attached hydrogens (tertiary/aromatic N) is 5. The lowest BCUT2D eigenvalue weighted by atomic mass is 10.1. The highest BCUT2D eigenvalue weighted by atomic mass is 16.2. The zero-order valence-electron chi connectivity index (χ0n) is 14.7. The fraction of sp³-hybridized carbons (Fsp3) is 0.353. The smallest absolute Gasteiger partial charge is 0.270 e. The first-order valence-corrected chi connectivity index (χ1v) is 8.08. The number of urea groups is 1. The summed E-state index contributed by atoms with van der Waals surface area (Å²) in [6, 6.07) is 8.77. The number of guanidine groups is 1. The summed E-state index contributed by atoms with van der Waals surface area (Å²) in [6.45, 7) is 4.38. The normalized spacial score (nSPS) is 20.9. The quantitative estimate of drug-likeness (QED) is 0.499. The number of hydrogen-bond acceptors (Lipinski definition) is 5. The number of fused-ring (bicyclic) bond motifs is 1. The second-order valence-corrected chi connectivity index (χ2v) is 5.90. The van der Waals surface area contributed by atoms with Gasteiger partial charge >= 0.3 is 12.0 Å². The molecule has 3 amide bonds. The van der Waals surface area contributed by atoms with Gasteiger partial charge in [-0.15, -0.1) is 5.10 Å². The molecule has 1 atom stereocenters. The van der Waals surface area contributed by atoms with E-state index in [1.54, 1.807) is 11.6 Å². The van der Waals surface area contributed by atoms with E-state index in [9.17, 15) is 9.59 Å². The molecule has 1 aromatic rings. The van der Waals surface area contributed by atoms with E-state index in [1.807, 2.05) is 44.2 Å². The number of hydrogen-bond donors (Lipinski definition) is 1. The Labute approximate surface area is 146 Å². The van der Waals surface area contributed by atoms with E-state index >= 15 is 0 Å². The Morgan fingerprint density at radius 2 is 1.92 bits per heavy atom. The van der Waals surface area contributed by atoms with Crippen molar-refractivity contribution in [3.63, 3.8) is 0 Å². The van der Waals surface area contributed by atoms with E-state index in [0.29, 0.717) is 18.3 Å². The van der Waals surface area contributed by atoms with Crippen LogP contribution in [0.25, 0.3) is 0 Å². The molecule has 1 saturated heterocycles. The maximum absolute atomic E-state index is 12.5. The third kappa shape index (κ3) is 2.79. The summed E-state index contributed by atoms with van der Waals surface area (Å²) in [5.74, 6) is 0.593. The number of imide groups is 1. The van der Waals surface area contributed by atoms with Gasteiger partial charge in [0.15, 0.2) is 0 Å². The minimum Gasteiger partial charge on any atom is -0.270 e. The van der Waals surface area contributed by atoms with E-state index in [4.69, 9.17) is 0 Å². The summed E-state index contributed by atoms with van der Waals surface area (Å²) < 4.78 is 1.80. The summed E-state index contributed by atoms with van der Waals surface area (Å²) in [4.78, 5) is 31.6. The van der Waals surface area contributed by atoms with Gasteiger partial charge in [0, 0.05) is 14.1 Å². The third-order valence-corrected chi connectivity index (χ3v) is 4.39. The summed E-state index contributed by atoms with van der Waals surface area (Å²) >= 11 is 0. The van der Waals surface area contributed by atoms with Crippen LogP contribution in [-0.2, 0) is 4.79 Å². The number of amides is 3. The van der Waals surface area contributed by atoms with Crippen molar-refractivity contribution in [2.45, 2.75) is 19.9 Å². The summed E-state index contributed by atoms with van der Waals surface area (Å²) in [5.41, 5.74) is 4.73. The largest absolute Gasteiger partial charge is 0.413 e. The molecular formula is C17H21N6O2+. The fourth-order valence-corrected chi connectivity index (χ4v) is 2.90. The average molecular weight is 341 g/mol. The van der Waals surface area contributed by atoms with Crippen molar-refractivity contribution in [1.82, 2.24) is 15.2 Å². The van der Waals surface area contributed by atoms with Crippen LogP contribution in [0.2, 0.25) is 0 Å². The van der Waals surface area contributed by atoms with Gasteiger partial charge in [-0.3, -0.25) is 14.6 Å². The second kappa shape index (κ2) is 6.46. The van der Waals surface area contributed by atoms with Crippen LogP contribution < -0.4 is 5.43 Å². The van der Waals surface area contributed by atoms with Crippen LogP contribution in [0.15, 0.2) is 40.4 Å². The fourth-order valence-electron chi connectivity index (χ4n) is 2.90. The standard InChI is InChI=1S/C17H20N6O2/c1-5-23-13-14(21(3)17(25)22(4)15(13)24)18-16(23)20-19-11(2)12-9-7-6-8-10-12/h6-10,13H,5H2,1-4H3/p+1/b19-11+. The van der Waals surface area contributed by atoms with Crippen LogP contribution in [0.5, 0.6) is 0 Å². The summed E-state index contributed by atoms with van der Waals surface area (Å²) in [6.07, 6.45) is 0. The monoisotopic (exact) mass is 341 g/mol. The van der Waals surface area contributed by atoms with Crippen molar-refractivity contribution in [3.05, 3.63) is 35.9 Å². The number of hydrazone groups is 1. The number of likely N-dealkylation sites (N-methyl/N-ethyl adjacent to an activating group) is 3. The molecule has 0 aliphatic carbocycles. The van der Waals surface area contributed by atoms with Crippen molar-refractivity contribution >= 4 is 29.4 Å². The van der Waals surface area contributed by atoms with Crippen LogP contribution in [0.3, 0.4) is 0 Å². The molecule has 0 spiro atoms. The highest BCUT2D eigenvalue weighted by molar-refractivity contribution is 6.22. The Morgan fingerprint density at radius 1 is 1.24 bits per heavy atom. The molecule has 3 rings (SSSR count). The predicted octanol–water partition coefficient (Wildman–Crippen LogP) is 0.693. The zero-order chi connectivity index (χ0) is 18.1. The number of carbonyl (C=O) groups is 2. The van der Waals surface area contributed by atoms with E-state index in [1.165, 1.54) is 11.9 Å². The van der Waals surface area contributed by atoms with Crippen molar-refractivity contribution in [3.8, 4) is 0 Å². The van der Waals surface area contributed by atoms with Crippen molar-refractivity contribution in [2.24, 2.45) is 10.1 Å². The SMILES string of the molecule is CC[N+]1=C(N/N=C(\C)c2ccccc2)N=C2C1C(=O)N(C)C(=O)N2C. The van der Waals surface area contributed by atoms with Gasteiger partial charge in [0.1, 0.15) is 0 Å². The lowest BCUT2D eigenvalue weighted by Gasteiger charge is -2.31. The van der Waals surface area contributed by atoms with Gasteiger partial charge in [0.05, 0.1) is 12.3 Å². The molecule has 0 saturated carbocycles. The molecule has 1 fully saturated rings. The molecule has 8 nitrogen and oxygen atoms in total. The van der Waals surface area contributed by atoms with Crippen molar-refractivity contribution < 1.29 is 14.2 Å². The van der Waals surface area contributed by atoms with Gasteiger partial charge in [-0.25, -0.2) is 9.37 Å². The maximum Gasteiger partial charge on any atom is 0.413 e. The number of carbonyl (C=O) groups excluding carboxylic acids is 2. The predicted molar refractivity (Wildman–Crippen MR) is 94.7 cm³/mol. The highest BCUT2D eigenvalue weighted by Crippen LogP contribution is 2.18. The Kier molecular flexibility index (Phi) is 4.35. The Bertz CT molecular complexity index is 812. The molecule has 2 heterocycles. The molecule has 130 valence electrons. The molecular weight excluding hydrogens is 320 g/mol. The molecule has 1 N–H and O–H groups in total. The first-order chi connectivity index (χ1) is 12.0. The lowest BCUT2D eigenvalue weighted by molar-refractivity contribution is -0.533. The zero-order valence-corrected chi connectivity index (χ0v) is 14.7. The number of benzene rings is 1. The average Bonchev–Trinajstić information content (AvgIpc) is 3.02. The third-order valence-electron chi connectivity index (χ3n) is 4.39. The lowest BCUT2D eigenvalue weighted by Crippen LogP contribution is -2.61. The molecule has 1 aromatic carbocycles. The minimum absolute atomic E-state index is 0.288. The molecule has 2 aliphatic rings. The van der Waals surface area contributed by atoms with Gasteiger partial charge < -0.3 is 0 Å². The first kappa shape index (κ1) is 16.8. The minimum atomic E-state index is -0.604. The van der Waals surface area contributed by atoms with Crippen LogP contribution in [0.1, 0.15) is 19.4 Å². The van der Waals surface area contributed by atoms with Gasteiger partial charge in [-0.2, -0.15) is 5.43 Å². The first-order valence-electron chi connectivity index (χ1n) is 8.08. The molecule has 2 aliphatic heterocycles. The summed E-state index contributed by atoms with van der Waals surface area (Å²) in [7, 11) is 3.10. The molecule has 1 unspecified atom stereocenters. The van der Waals surface area contributed by atoms with E-state index in [2.05, 4.69) is 15.5 Å². The number of amidine groups is 1. The number of rotatable bonds is 3.